The Morgan fingerprint density at radius 3 is 2.62 bits per heavy atom. The van der Waals surface area contributed by atoms with Gasteiger partial charge in [0.2, 0.25) is 5.91 Å². The van der Waals surface area contributed by atoms with E-state index < -0.39 is 0 Å². The molecule has 5 nitrogen and oxygen atoms in total. The highest BCUT2D eigenvalue weighted by Gasteiger charge is 2.34. The molecule has 0 radical (unpaired) electrons. The number of rotatable bonds is 3. The zero-order valence-electron chi connectivity index (χ0n) is 11.8. The lowest BCUT2D eigenvalue weighted by atomic mass is 10.0. The number of hydrogen-bond acceptors (Lipinski definition) is 4. The van der Waals surface area contributed by atoms with E-state index in [-0.39, 0.29) is 24.4 Å². The maximum atomic E-state index is 12.3. The Morgan fingerprint density at radius 1 is 1.29 bits per heavy atom. The van der Waals surface area contributed by atoms with Crippen LogP contribution in [0.1, 0.15) is 12.0 Å². The molecule has 1 aromatic carbocycles. The van der Waals surface area contributed by atoms with Crippen LogP contribution in [0.4, 0.5) is 0 Å². The van der Waals surface area contributed by atoms with Crippen LogP contribution in [-0.4, -0.2) is 36.5 Å². The third kappa shape index (κ3) is 2.60. The molecule has 108 valence electrons. The van der Waals surface area contributed by atoms with E-state index in [1.807, 2.05) is 42.5 Å². The first-order chi connectivity index (χ1) is 10.2. The van der Waals surface area contributed by atoms with Crippen molar-refractivity contribution in [2.24, 2.45) is 0 Å². The van der Waals surface area contributed by atoms with Gasteiger partial charge in [-0.1, -0.05) is 42.5 Å². The molecular weight excluding hydrogens is 266 g/mol. The Bertz CT molecular complexity index is 634. The molecule has 0 spiro atoms. The van der Waals surface area contributed by atoms with Crippen LogP contribution in [0.15, 0.2) is 48.1 Å². The van der Waals surface area contributed by atoms with E-state index >= 15 is 0 Å². The SMILES string of the molecule is CN1C(=O)C/C(=C(/NC2C=CCN2)c2ccccc2)C1=O. The summed E-state index contributed by atoms with van der Waals surface area (Å²) in [6, 6.07) is 9.63. The van der Waals surface area contributed by atoms with Crippen LogP contribution in [0.25, 0.3) is 5.70 Å². The minimum absolute atomic E-state index is 0.0264. The van der Waals surface area contributed by atoms with Crippen molar-refractivity contribution < 1.29 is 9.59 Å². The van der Waals surface area contributed by atoms with Crippen LogP contribution in [0.5, 0.6) is 0 Å². The molecule has 5 heteroatoms. The molecular formula is C16H17N3O2. The number of amides is 2. The van der Waals surface area contributed by atoms with E-state index in [0.717, 1.165) is 17.8 Å². The van der Waals surface area contributed by atoms with Crippen LogP contribution in [0, 0.1) is 0 Å². The average Bonchev–Trinajstić information content (AvgIpc) is 3.10. The predicted octanol–water partition coefficient (Wildman–Crippen LogP) is 0.861. The van der Waals surface area contributed by atoms with Gasteiger partial charge in [-0.3, -0.25) is 19.8 Å². The summed E-state index contributed by atoms with van der Waals surface area (Å²) in [5.74, 6) is -0.395. The molecule has 1 atom stereocenters. The molecule has 2 aliphatic rings. The molecule has 0 aliphatic carbocycles. The molecule has 3 rings (SSSR count). The molecule has 2 aliphatic heterocycles. The van der Waals surface area contributed by atoms with Crippen molar-refractivity contribution in [3.05, 3.63) is 53.6 Å². The summed E-state index contributed by atoms with van der Waals surface area (Å²) >= 11 is 0. The van der Waals surface area contributed by atoms with Crippen LogP contribution in [-0.2, 0) is 9.59 Å². The van der Waals surface area contributed by atoms with Gasteiger partial charge >= 0.3 is 0 Å². The van der Waals surface area contributed by atoms with Crippen molar-refractivity contribution in [2.45, 2.75) is 12.6 Å². The van der Waals surface area contributed by atoms with E-state index in [1.54, 1.807) is 0 Å². The van der Waals surface area contributed by atoms with Crippen LogP contribution in [0.2, 0.25) is 0 Å². The summed E-state index contributed by atoms with van der Waals surface area (Å²) in [5.41, 5.74) is 2.16. The maximum Gasteiger partial charge on any atom is 0.258 e. The Hall–Kier alpha value is -2.40. The van der Waals surface area contributed by atoms with Gasteiger partial charge in [-0.2, -0.15) is 0 Å². The smallest absolute Gasteiger partial charge is 0.258 e. The second-order valence-corrected chi connectivity index (χ2v) is 5.11. The molecule has 21 heavy (non-hydrogen) atoms. The fraction of sp³-hybridized carbons (Fsp3) is 0.250. The maximum absolute atomic E-state index is 12.3. The second kappa shape index (κ2) is 5.54. The fourth-order valence-corrected chi connectivity index (χ4v) is 2.53. The summed E-state index contributed by atoms with van der Waals surface area (Å²) in [6.07, 6.45) is 4.15. The molecule has 1 unspecified atom stereocenters. The highest BCUT2D eigenvalue weighted by atomic mass is 16.2. The number of nitrogens with one attached hydrogen (secondary N) is 2. The zero-order chi connectivity index (χ0) is 14.8. The predicted molar refractivity (Wildman–Crippen MR) is 79.8 cm³/mol. The highest BCUT2D eigenvalue weighted by molar-refractivity contribution is 6.16. The van der Waals surface area contributed by atoms with Crippen LogP contribution in [0.3, 0.4) is 0 Å². The third-order valence-corrected chi connectivity index (χ3v) is 3.71. The van der Waals surface area contributed by atoms with Gasteiger partial charge in [0.05, 0.1) is 23.9 Å². The molecule has 1 aromatic rings. The fourth-order valence-electron chi connectivity index (χ4n) is 2.53. The average molecular weight is 283 g/mol. The summed E-state index contributed by atoms with van der Waals surface area (Å²) in [7, 11) is 1.52. The summed E-state index contributed by atoms with van der Waals surface area (Å²) in [5, 5.41) is 6.58. The lowest BCUT2D eigenvalue weighted by Crippen LogP contribution is -2.37. The second-order valence-electron chi connectivity index (χ2n) is 5.11. The molecule has 2 amide bonds. The van der Waals surface area contributed by atoms with Gasteiger partial charge < -0.3 is 5.32 Å². The summed E-state index contributed by atoms with van der Waals surface area (Å²) < 4.78 is 0. The van der Waals surface area contributed by atoms with E-state index in [9.17, 15) is 9.59 Å². The van der Waals surface area contributed by atoms with Gasteiger partial charge in [0.1, 0.15) is 0 Å². The minimum Gasteiger partial charge on any atom is -0.366 e. The third-order valence-electron chi connectivity index (χ3n) is 3.71. The number of imide groups is 1. The molecule has 2 N–H and O–H groups in total. The number of carbonyl (C=O) groups excluding carboxylic acids is 2. The Balaban J connectivity index is 2.01. The van der Waals surface area contributed by atoms with Crippen LogP contribution >= 0.6 is 0 Å². The normalized spacial score (nSPS) is 23.9. The highest BCUT2D eigenvalue weighted by Crippen LogP contribution is 2.26. The van der Waals surface area contributed by atoms with E-state index in [0.29, 0.717) is 5.57 Å². The molecule has 2 heterocycles. The lowest BCUT2D eigenvalue weighted by molar-refractivity contribution is -0.135. The van der Waals surface area contributed by atoms with Crippen LogP contribution < -0.4 is 10.6 Å². The first-order valence-corrected chi connectivity index (χ1v) is 6.93. The quantitative estimate of drug-likeness (QED) is 0.491. The largest absolute Gasteiger partial charge is 0.366 e. The number of likely N-dealkylation sites (tertiary alicyclic amines) is 1. The van der Waals surface area contributed by atoms with Gasteiger partial charge in [0, 0.05) is 13.6 Å². The number of benzene rings is 1. The molecule has 1 saturated heterocycles. The number of carbonyl (C=O) groups is 2. The Labute approximate surface area is 123 Å². The summed E-state index contributed by atoms with van der Waals surface area (Å²) in [6.45, 7) is 0.794. The van der Waals surface area contributed by atoms with Gasteiger partial charge in [-0.15, -0.1) is 0 Å². The van der Waals surface area contributed by atoms with Gasteiger partial charge in [-0.25, -0.2) is 0 Å². The summed E-state index contributed by atoms with van der Waals surface area (Å²) in [4.78, 5) is 25.2. The first-order valence-electron chi connectivity index (χ1n) is 6.93. The van der Waals surface area contributed by atoms with Crippen molar-refractivity contribution in [1.29, 1.82) is 0 Å². The lowest BCUT2D eigenvalue weighted by Gasteiger charge is -2.19. The monoisotopic (exact) mass is 283 g/mol. The van der Waals surface area contributed by atoms with E-state index in [4.69, 9.17) is 0 Å². The minimum atomic E-state index is -0.228. The van der Waals surface area contributed by atoms with Gasteiger partial charge in [-0.05, 0) is 5.56 Å². The van der Waals surface area contributed by atoms with Gasteiger partial charge in [0.25, 0.3) is 5.91 Å². The van der Waals surface area contributed by atoms with Crippen molar-refractivity contribution in [3.8, 4) is 0 Å². The Morgan fingerprint density at radius 2 is 2.05 bits per heavy atom. The zero-order valence-corrected chi connectivity index (χ0v) is 11.8. The standard InChI is InChI=1S/C16H17N3O2/c1-19-14(20)10-12(16(19)21)15(11-6-3-2-4-7-11)18-13-8-5-9-17-13/h2-8,13,17-18H,9-10H2,1H3/b15-12-. The first kappa shape index (κ1) is 13.6. The van der Waals surface area contributed by atoms with Crippen molar-refractivity contribution in [3.63, 3.8) is 0 Å². The van der Waals surface area contributed by atoms with E-state index in [1.165, 1.54) is 11.9 Å². The van der Waals surface area contributed by atoms with E-state index in [2.05, 4.69) is 10.6 Å². The molecule has 0 bridgehead atoms. The molecule has 0 aromatic heterocycles. The van der Waals surface area contributed by atoms with Crippen molar-refractivity contribution >= 4 is 17.5 Å². The molecule has 1 fully saturated rings. The van der Waals surface area contributed by atoms with Crippen molar-refractivity contribution in [2.75, 3.05) is 13.6 Å². The number of likely N-dealkylation sites (N-methyl/N-ethyl adjacent to an activating group) is 1. The molecule has 0 saturated carbocycles. The number of nitrogens with zero attached hydrogens (tertiary/aromatic N) is 1. The number of hydrogen-bond donors (Lipinski definition) is 2. The Kier molecular flexibility index (Phi) is 3.58. The van der Waals surface area contributed by atoms with Gasteiger partial charge in [0.15, 0.2) is 0 Å². The topological polar surface area (TPSA) is 61.4 Å². The van der Waals surface area contributed by atoms with Crippen molar-refractivity contribution in [1.82, 2.24) is 15.5 Å².